The number of ether oxygens (including phenoxy) is 1. The number of rotatable bonds is 8. The third-order valence-electron chi connectivity index (χ3n) is 7.76. The Morgan fingerprint density at radius 1 is 1.09 bits per heavy atom. The van der Waals surface area contributed by atoms with Crippen LogP contribution in [0.5, 0.6) is 0 Å². The van der Waals surface area contributed by atoms with Gasteiger partial charge in [0.15, 0.2) is 9.73 Å². The maximum absolute atomic E-state index is 16.1. The molecule has 3 unspecified atom stereocenters. The van der Waals surface area contributed by atoms with Gasteiger partial charge in [-0.3, -0.25) is 0 Å². The van der Waals surface area contributed by atoms with Crippen LogP contribution in [-0.2, 0) is 15.8 Å². The Labute approximate surface area is 271 Å². The van der Waals surface area contributed by atoms with E-state index in [1.165, 1.54) is 17.5 Å². The number of anilines is 1. The highest BCUT2D eigenvalue weighted by molar-refractivity contribution is 9.11. The summed E-state index contributed by atoms with van der Waals surface area (Å²) in [6.07, 6.45) is -0.0163. The second-order valence-electron chi connectivity index (χ2n) is 12.0. The molecule has 6 nitrogen and oxygen atoms in total. The number of aliphatic hydroxyl groups excluding tert-OH is 1. The van der Waals surface area contributed by atoms with Crippen LogP contribution in [0.25, 0.3) is 0 Å². The summed E-state index contributed by atoms with van der Waals surface area (Å²) in [5.41, 5.74) is 0.791. The van der Waals surface area contributed by atoms with E-state index in [-0.39, 0.29) is 34.6 Å². The SMILES string of the molecule is CC1CN(c2c(CO[Si](c3ccccc3)(c3ccccc3)C(C)(C)C)nc(C(O)c3cnc(Br)s3)c(F)c2Cl)CC(C)O1. The standard InChI is InChI=1S/C32H36BrClFN3O3SSi/c1-20-17-38(18-21(2)41-20)29-24(37-28(27(35)26(29)34)30(39)25-16-36-31(33)42-25)19-40-43(32(3,4)5,22-12-8-6-9-13-22)23-14-10-7-11-15-23/h6-16,20-21,30,39H,17-19H2,1-5H3. The molecule has 0 amide bonds. The van der Waals surface area contributed by atoms with Crippen molar-refractivity contribution in [2.45, 2.75) is 64.6 Å². The Bertz CT molecular complexity index is 1510. The van der Waals surface area contributed by atoms with Gasteiger partial charge in [0.2, 0.25) is 0 Å². The van der Waals surface area contributed by atoms with E-state index in [9.17, 15) is 5.11 Å². The van der Waals surface area contributed by atoms with Gasteiger partial charge in [-0.15, -0.1) is 11.3 Å². The number of halogens is 3. The smallest absolute Gasteiger partial charge is 0.261 e. The van der Waals surface area contributed by atoms with E-state index in [2.05, 4.69) is 66.0 Å². The normalized spacial score (nSPS) is 18.6. The fourth-order valence-corrected chi connectivity index (χ4v) is 12.1. The van der Waals surface area contributed by atoms with Crippen LogP contribution >= 0.6 is 38.9 Å². The molecule has 1 aliphatic rings. The van der Waals surface area contributed by atoms with Gasteiger partial charge >= 0.3 is 0 Å². The minimum atomic E-state index is -2.96. The molecule has 1 aliphatic heterocycles. The molecule has 4 aromatic rings. The molecule has 43 heavy (non-hydrogen) atoms. The van der Waals surface area contributed by atoms with Crippen LogP contribution in [0.4, 0.5) is 10.1 Å². The first-order chi connectivity index (χ1) is 20.4. The number of aliphatic hydroxyl groups is 1. The second kappa shape index (κ2) is 13.0. The third kappa shape index (κ3) is 6.47. The van der Waals surface area contributed by atoms with Gasteiger partial charge in [0.05, 0.1) is 35.1 Å². The highest BCUT2D eigenvalue weighted by Crippen LogP contribution is 2.41. The van der Waals surface area contributed by atoms with E-state index in [0.29, 0.717) is 33.3 Å². The van der Waals surface area contributed by atoms with Crippen molar-refractivity contribution in [3.63, 3.8) is 0 Å². The summed E-state index contributed by atoms with van der Waals surface area (Å²) >= 11 is 11.4. The number of aromatic nitrogens is 2. The summed E-state index contributed by atoms with van der Waals surface area (Å²) in [5, 5.41) is 13.1. The number of hydrogen-bond donors (Lipinski definition) is 1. The van der Waals surface area contributed by atoms with Crippen molar-refractivity contribution in [1.29, 1.82) is 0 Å². The van der Waals surface area contributed by atoms with Gasteiger partial charge in [0.25, 0.3) is 8.32 Å². The zero-order valence-electron chi connectivity index (χ0n) is 24.9. The molecule has 1 saturated heterocycles. The van der Waals surface area contributed by atoms with Gasteiger partial charge < -0.3 is 19.2 Å². The monoisotopic (exact) mass is 703 g/mol. The van der Waals surface area contributed by atoms with E-state index < -0.39 is 20.2 Å². The topological polar surface area (TPSA) is 67.7 Å². The summed E-state index contributed by atoms with van der Waals surface area (Å²) in [4.78, 5) is 11.4. The van der Waals surface area contributed by atoms with E-state index >= 15 is 4.39 Å². The van der Waals surface area contributed by atoms with Crippen molar-refractivity contribution in [3.8, 4) is 0 Å². The summed E-state index contributed by atoms with van der Waals surface area (Å²) in [6.45, 7) is 11.7. The Balaban J connectivity index is 1.67. The Hall–Kier alpha value is -2.18. The molecule has 2 aromatic carbocycles. The lowest BCUT2D eigenvalue weighted by Crippen LogP contribution is -2.66. The van der Waals surface area contributed by atoms with Crippen molar-refractivity contribution in [2.75, 3.05) is 18.0 Å². The lowest BCUT2D eigenvalue weighted by atomic mass is 10.1. The van der Waals surface area contributed by atoms with E-state index in [1.807, 2.05) is 55.1 Å². The van der Waals surface area contributed by atoms with Crippen molar-refractivity contribution in [3.05, 3.63) is 97.9 Å². The minimum Gasteiger partial charge on any atom is -0.401 e. The van der Waals surface area contributed by atoms with Crippen molar-refractivity contribution < 1.29 is 18.7 Å². The molecule has 1 fully saturated rings. The molecular formula is C32H36BrClFN3O3SSi. The summed E-state index contributed by atoms with van der Waals surface area (Å²) < 4.78 is 29.8. The lowest BCUT2D eigenvalue weighted by molar-refractivity contribution is -0.00536. The molecular weight excluding hydrogens is 669 g/mol. The molecule has 0 saturated carbocycles. The van der Waals surface area contributed by atoms with Crippen LogP contribution in [0, 0.1) is 5.82 Å². The van der Waals surface area contributed by atoms with Gasteiger partial charge in [-0.25, -0.2) is 14.4 Å². The number of pyridine rings is 1. The zero-order chi connectivity index (χ0) is 30.9. The molecule has 1 N–H and O–H groups in total. The predicted molar refractivity (Wildman–Crippen MR) is 178 cm³/mol. The van der Waals surface area contributed by atoms with Gasteiger partial charge in [-0.2, -0.15) is 0 Å². The first kappa shape index (κ1) is 32.2. The summed E-state index contributed by atoms with van der Waals surface area (Å²) in [5.74, 6) is -0.755. The molecule has 0 aliphatic carbocycles. The Morgan fingerprint density at radius 2 is 1.65 bits per heavy atom. The molecule has 5 rings (SSSR count). The van der Waals surface area contributed by atoms with E-state index in [1.54, 1.807) is 0 Å². The number of benzene rings is 2. The molecule has 0 spiro atoms. The second-order valence-corrected chi connectivity index (χ2v) is 19.0. The predicted octanol–water partition coefficient (Wildman–Crippen LogP) is 6.87. The molecule has 3 heterocycles. The number of morpholine rings is 1. The maximum atomic E-state index is 16.1. The molecule has 2 aromatic heterocycles. The molecule has 11 heteroatoms. The first-order valence-corrected chi connectivity index (χ1v) is 18.1. The van der Waals surface area contributed by atoms with Gasteiger partial charge in [-0.1, -0.05) is 93.0 Å². The van der Waals surface area contributed by atoms with Crippen LogP contribution < -0.4 is 15.3 Å². The van der Waals surface area contributed by atoms with Crippen LogP contribution in [0.15, 0.2) is 70.8 Å². The molecule has 0 radical (unpaired) electrons. The highest BCUT2D eigenvalue weighted by atomic mass is 79.9. The quantitative estimate of drug-likeness (QED) is 0.202. The Kier molecular flexibility index (Phi) is 9.77. The molecule has 228 valence electrons. The molecule has 3 atom stereocenters. The largest absolute Gasteiger partial charge is 0.401 e. The number of nitrogens with zero attached hydrogens (tertiary/aromatic N) is 3. The first-order valence-electron chi connectivity index (χ1n) is 14.2. The lowest BCUT2D eigenvalue weighted by Gasteiger charge is -2.43. The van der Waals surface area contributed by atoms with Crippen LogP contribution in [0.3, 0.4) is 0 Å². The van der Waals surface area contributed by atoms with Crippen LogP contribution in [0.1, 0.15) is 57.0 Å². The van der Waals surface area contributed by atoms with Gasteiger partial charge in [-0.05, 0) is 45.2 Å². The van der Waals surface area contributed by atoms with Crippen LogP contribution in [0.2, 0.25) is 10.1 Å². The maximum Gasteiger partial charge on any atom is 0.261 e. The summed E-state index contributed by atoms with van der Waals surface area (Å²) in [7, 11) is -2.96. The fourth-order valence-electron chi connectivity index (χ4n) is 6.02. The summed E-state index contributed by atoms with van der Waals surface area (Å²) in [6, 6.07) is 20.6. The van der Waals surface area contributed by atoms with Gasteiger partial charge in [0, 0.05) is 19.3 Å². The number of hydrogen-bond acceptors (Lipinski definition) is 7. The third-order valence-corrected chi connectivity index (χ3v) is 14.6. The number of thiazole rings is 1. The van der Waals surface area contributed by atoms with Crippen molar-refractivity contribution in [2.24, 2.45) is 0 Å². The fraction of sp³-hybridized carbons (Fsp3) is 0.375. The molecule has 0 bridgehead atoms. The van der Waals surface area contributed by atoms with Crippen LogP contribution in [-0.4, -0.2) is 48.7 Å². The average molecular weight is 705 g/mol. The highest BCUT2D eigenvalue weighted by Gasteiger charge is 2.50. The zero-order valence-corrected chi connectivity index (χ0v) is 29.0. The van der Waals surface area contributed by atoms with Crippen molar-refractivity contribution >= 4 is 63.2 Å². The van der Waals surface area contributed by atoms with Gasteiger partial charge in [0.1, 0.15) is 16.8 Å². The Morgan fingerprint density at radius 3 is 2.14 bits per heavy atom. The van der Waals surface area contributed by atoms with Crippen molar-refractivity contribution in [1.82, 2.24) is 9.97 Å². The minimum absolute atomic E-state index is 0.0643. The van der Waals surface area contributed by atoms with E-state index in [0.717, 1.165) is 10.4 Å². The van der Waals surface area contributed by atoms with E-state index in [4.69, 9.17) is 25.7 Å². The average Bonchev–Trinajstić information content (AvgIpc) is 3.41.